The molecule has 0 amide bonds. The van der Waals surface area contributed by atoms with E-state index in [0.29, 0.717) is 5.92 Å². The molecular weight excluding hydrogens is 304 g/mol. The summed E-state index contributed by atoms with van der Waals surface area (Å²) in [6.45, 7) is 4.64. The molecule has 0 radical (unpaired) electrons. The van der Waals surface area contributed by atoms with Crippen LogP contribution in [0.15, 0.2) is 22.8 Å². The van der Waals surface area contributed by atoms with Crippen LogP contribution in [0.2, 0.25) is 0 Å². The smallest absolute Gasteiger partial charge is 0.160 e. The third-order valence-corrected chi connectivity index (χ3v) is 4.55. The average molecular weight is 323 g/mol. The first kappa shape index (κ1) is 13.1. The number of halogens is 1. The van der Waals surface area contributed by atoms with Gasteiger partial charge >= 0.3 is 0 Å². The van der Waals surface area contributed by atoms with Gasteiger partial charge in [0.15, 0.2) is 5.65 Å². The number of fused-ring (bicyclic) bond motifs is 1. The molecule has 2 aromatic heterocycles. The molecule has 102 valence electrons. The molecule has 0 saturated carbocycles. The molecule has 0 aliphatic carbocycles. The number of pyridine rings is 1. The second-order valence-electron chi connectivity index (χ2n) is 5.48. The van der Waals surface area contributed by atoms with Crippen molar-refractivity contribution in [3.63, 3.8) is 0 Å². The van der Waals surface area contributed by atoms with Gasteiger partial charge in [-0.05, 0) is 65.8 Å². The molecule has 19 heavy (non-hydrogen) atoms. The van der Waals surface area contributed by atoms with Gasteiger partial charge in [-0.1, -0.05) is 6.92 Å². The minimum absolute atomic E-state index is 0.638. The Morgan fingerprint density at radius 3 is 3.16 bits per heavy atom. The second kappa shape index (κ2) is 5.59. The minimum atomic E-state index is 0.638. The van der Waals surface area contributed by atoms with E-state index in [-0.39, 0.29) is 0 Å². The summed E-state index contributed by atoms with van der Waals surface area (Å²) in [5.74, 6) is 2.46. The molecule has 2 unspecified atom stereocenters. The first-order valence-corrected chi connectivity index (χ1v) is 7.73. The van der Waals surface area contributed by atoms with E-state index in [9.17, 15) is 0 Å². The van der Waals surface area contributed by atoms with Crippen LogP contribution < -0.4 is 5.32 Å². The normalized spacial score (nSPS) is 21.7. The molecule has 3 heterocycles. The van der Waals surface area contributed by atoms with Gasteiger partial charge in [0.05, 0.1) is 0 Å². The lowest BCUT2D eigenvalue weighted by Gasteiger charge is -2.27. The van der Waals surface area contributed by atoms with Crippen LogP contribution in [0.4, 0.5) is 0 Å². The maximum Gasteiger partial charge on any atom is 0.160 e. The molecule has 0 spiro atoms. The molecule has 1 fully saturated rings. The number of hydrogen-bond acceptors (Lipinski definition) is 3. The topological polar surface area (TPSA) is 42.2 Å². The Kier molecular flexibility index (Phi) is 3.84. The van der Waals surface area contributed by atoms with Crippen molar-refractivity contribution in [2.75, 3.05) is 13.1 Å². The monoisotopic (exact) mass is 322 g/mol. The number of nitrogens with zero attached hydrogens (tertiary/aromatic N) is 3. The van der Waals surface area contributed by atoms with Gasteiger partial charge in [-0.15, -0.1) is 10.2 Å². The highest BCUT2D eigenvalue weighted by Crippen LogP contribution is 2.23. The van der Waals surface area contributed by atoms with Gasteiger partial charge in [0.25, 0.3) is 0 Å². The van der Waals surface area contributed by atoms with Crippen LogP contribution in [-0.4, -0.2) is 27.7 Å². The zero-order valence-corrected chi connectivity index (χ0v) is 12.7. The highest BCUT2D eigenvalue weighted by molar-refractivity contribution is 9.10. The van der Waals surface area contributed by atoms with Crippen molar-refractivity contribution in [2.24, 2.45) is 11.8 Å². The number of nitrogens with one attached hydrogen (secondary N) is 1. The van der Waals surface area contributed by atoms with Crippen LogP contribution in [-0.2, 0) is 6.42 Å². The van der Waals surface area contributed by atoms with Crippen molar-refractivity contribution in [3.8, 4) is 0 Å². The average Bonchev–Trinajstić information content (AvgIpc) is 2.82. The molecule has 4 nitrogen and oxygen atoms in total. The van der Waals surface area contributed by atoms with E-state index >= 15 is 0 Å². The van der Waals surface area contributed by atoms with Gasteiger partial charge in [-0.25, -0.2) is 0 Å². The zero-order valence-electron chi connectivity index (χ0n) is 11.1. The molecule has 1 aliphatic rings. The van der Waals surface area contributed by atoms with Crippen molar-refractivity contribution in [1.29, 1.82) is 0 Å². The van der Waals surface area contributed by atoms with Crippen LogP contribution >= 0.6 is 15.9 Å². The molecule has 5 heteroatoms. The predicted molar refractivity (Wildman–Crippen MR) is 79.1 cm³/mol. The van der Waals surface area contributed by atoms with Crippen molar-refractivity contribution in [3.05, 3.63) is 28.6 Å². The molecule has 3 rings (SSSR count). The summed E-state index contributed by atoms with van der Waals surface area (Å²) in [6.07, 6.45) is 5.66. The van der Waals surface area contributed by atoms with Crippen LogP contribution in [0.3, 0.4) is 0 Å². The zero-order chi connectivity index (χ0) is 13.2. The summed E-state index contributed by atoms with van der Waals surface area (Å²) in [5, 5.41) is 12.1. The largest absolute Gasteiger partial charge is 0.316 e. The van der Waals surface area contributed by atoms with Gasteiger partial charge in [-0.3, -0.25) is 4.40 Å². The maximum absolute atomic E-state index is 4.34. The Bertz CT molecular complexity index is 560. The third kappa shape index (κ3) is 2.82. The van der Waals surface area contributed by atoms with E-state index < -0.39 is 0 Å². The van der Waals surface area contributed by atoms with Gasteiger partial charge in [0.2, 0.25) is 0 Å². The molecule has 1 N–H and O–H groups in total. The van der Waals surface area contributed by atoms with Crippen LogP contribution in [0.5, 0.6) is 0 Å². The summed E-state index contributed by atoms with van der Waals surface area (Å²) >= 11 is 3.51. The van der Waals surface area contributed by atoms with E-state index in [2.05, 4.69) is 49.0 Å². The molecule has 2 aromatic rings. The Morgan fingerprint density at radius 2 is 2.37 bits per heavy atom. The van der Waals surface area contributed by atoms with Crippen LogP contribution in [0, 0.1) is 11.8 Å². The SMILES string of the molecule is CC(Cc1nnc2ccc(Br)cn12)C1CCCNC1. The summed E-state index contributed by atoms with van der Waals surface area (Å²) in [6, 6.07) is 4.00. The van der Waals surface area contributed by atoms with Crippen molar-refractivity contribution in [2.45, 2.75) is 26.2 Å². The van der Waals surface area contributed by atoms with Gasteiger partial charge in [0.1, 0.15) is 5.82 Å². The summed E-state index contributed by atoms with van der Waals surface area (Å²) in [7, 11) is 0. The number of piperidine rings is 1. The molecule has 0 aromatic carbocycles. The lowest BCUT2D eigenvalue weighted by Crippen LogP contribution is -2.34. The van der Waals surface area contributed by atoms with E-state index in [1.165, 1.54) is 19.4 Å². The lowest BCUT2D eigenvalue weighted by atomic mass is 9.85. The Hall–Kier alpha value is -0.940. The van der Waals surface area contributed by atoms with Crippen molar-refractivity contribution < 1.29 is 0 Å². The highest BCUT2D eigenvalue weighted by Gasteiger charge is 2.21. The predicted octanol–water partition coefficient (Wildman–Crippen LogP) is 2.67. The first-order chi connectivity index (χ1) is 9.24. The van der Waals surface area contributed by atoms with Gasteiger partial charge < -0.3 is 5.32 Å². The Balaban J connectivity index is 1.78. The molecule has 2 atom stereocenters. The standard InChI is InChI=1S/C14H19BrN4/c1-10(11-3-2-6-16-8-11)7-14-18-17-13-5-4-12(15)9-19(13)14/h4-5,9-11,16H,2-3,6-8H2,1H3. The second-order valence-corrected chi connectivity index (χ2v) is 6.40. The summed E-state index contributed by atoms with van der Waals surface area (Å²) in [4.78, 5) is 0. The van der Waals surface area contributed by atoms with Gasteiger partial charge in [0, 0.05) is 17.1 Å². The van der Waals surface area contributed by atoms with Crippen molar-refractivity contribution >= 4 is 21.6 Å². The minimum Gasteiger partial charge on any atom is -0.316 e. The fourth-order valence-corrected chi connectivity index (χ4v) is 3.21. The van der Waals surface area contributed by atoms with E-state index in [0.717, 1.165) is 34.8 Å². The van der Waals surface area contributed by atoms with Crippen molar-refractivity contribution in [1.82, 2.24) is 19.9 Å². The number of aromatic nitrogens is 3. The Morgan fingerprint density at radius 1 is 1.47 bits per heavy atom. The molecule has 1 aliphatic heterocycles. The lowest BCUT2D eigenvalue weighted by molar-refractivity contribution is 0.275. The fraction of sp³-hybridized carbons (Fsp3) is 0.571. The van der Waals surface area contributed by atoms with E-state index in [4.69, 9.17) is 0 Å². The Labute approximate surface area is 121 Å². The fourth-order valence-electron chi connectivity index (χ4n) is 2.87. The van der Waals surface area contributed by atoms with Gasteiger partial charge in [-0.2, -0.15) is 0 Å². The maximum atomic E-state index is 4.34. The molecular formula is C14H19BrN4. The third-order valence-electron chi connectivity index (χ3n) is 4.08. The van der Waals surface area contributed by atoms with E-state index in [1.807, 2.05) is 12.1 Å². The quantitative estimate of drug-likeness (QED) is 0.944. The van der Waals surface area contributed by atoms with E-state index in [1.54, 1.807) is 0 Å². The summed E-state index contributed by atoms with van der Waals surface area (Å²) in [5.41, 5.74) is 0.923. The first-order valence-electron chi connectivity index (χ1n) is 6.94. The highest BCUT2D eigenvalue weighted by atomic mass is 79.9. The molecule has 1 saturated heterocycles. The summed E-state index contributed by atoms with van der Waals surface area (Å²) < 4.78 is 3.16. The number of hydrogen-bond donors (Lipinski definition) is 1. The van der Waals surface area contributed by atoms with Crippen LogP contribution in [0.25, 0.3) is 5.65 Å². The van der Waals surface area contributed by atoms with Crippen LogP contribution in [0.1, 0.15) is 25.6 Å². The number of rotatable bonds is 3. The molecule has 0 bridgehead atoms.